The van der Waals surface area contributed by atoms with Crippen LogP contribution < -0.4 is 5.32 Å². The highest BCUT2D eigenvalue weighted by atomic mass is 16.5. The van der Waals surface area contributed by atoms with Crippen LogP contribution in [0.25, 0.3) is 5.69 Å². The second-order valence-electron chi connectivity index (χ2n) is 6.08. The topological polar surface area (TPSA) is 73.2 Å². The van der Waals surface area contributed by atoms with Gasteiger partial charge in [-0.3, -0.25) is 4.79 Å². The lowest BCUT2D eigenvalue weighted by Gasteiger charge is -2.12. The van der Waals surface area contributed by atoms with Crippen molar-refractivity contribution in [2.45, 2.75) is 40.7 Å². The monoisotopic (exact) mass is 329 g/mol. The number of aryl methyl sites for hydroxylation is 3. The normalized spacial score (nSPS) is 11.9. The number of rotatable bonds is 5. The second-order valence-corrected chi connectivity index (χ2v) is 6.08. The first-order chi connectivity index (χ1) is 11.3. The summed E-state index contributed by atoms with van der Waals surface area (Å²) in [6.07, 6.45) is -0.423. The van der Waals surface area contributed by atoms with Crippen LogP contribution in [0.5, 0.6) is 0 Å². The van der Waals surface area contributed by atoms with E-state index in [1.807, 2.05) is 32.9 Å². The van der Waals surface area contributed by atoms with Gasteiger partial charge >= 0.3 is 5.97 Å². The van der Waals surface area contributed by atoms with E-state index in [0.29, 0.717) is 0 Å². The van der Waals surface area contributed by atoms with Gasteiger partial charge < -0.3 is 10.1 Å². The highest BCUT2D eigenvalue weighted by Crippen LogP contribution is 2.16. The molecule has 0 aliphatic heterocycles. The van der Waals surface area contributed by atoms with Crippen molar-refractivity contribution < 1.29 is 14.3 Å². The molecule has 0 saturated heterocycles. The minimum Gasteiger partial charge on any atom is -0.456 e. The van der Waals surface area contributed by atoms with Crippen molar-refractivity contribution in [3.63, 3.8) is 0 Å². The zero-order chi connectivity index (χ0) is 17.9. The number of nitrogens with zero attached hydrogens (tertiary/aromatic N) is 2. The van der Waals surface area contributed by atoms with E-state index in [9.17, 15) is 9.59 Å². The zero-order valence-electron chi connectivity index (χ0n) is 14.7. The van der Waals surface area contributed by atoms with E-state index in [2.05, 4.69) is 16.5 Å². The van der Waals surface area contributed by atoms with Gasteiger partial charge in [-0.1, -0.05) is 6.07 Å². The molecule has 2 rings (SSSR count). The number of aromatic nitrogens is 2. The molecule has 1 unspecified atom stereocenters. The number of nitrogens with one attached hydrogen (secondary N) is 1. The Morgan fingerprint density at radius 2 is 1.79 bits per heavy atom. The lowest BCUT2D eigenvalue weighted by atomic mass is 10.1. The standard InChI is InChI=1S/C18H23N3O3/c1-11-6-12(2)8-16(7-11)21-13(3)9-17(20-21)18(23)24-14(4)10-19-15(5)22/h6-9,14H,10H2,1-5H3,(H,19,22). The number of carbonyl (C=O) groups excluding carboxylic acids is 2. The summed E-state index contributed by atoms with van der Waals surface area (Å²) >= 11 is 0. The quantitative estimate of drug-likeness (QED) is 0.855. The molecule has 6 nitrogen and oxygen atoms in total. The van der Waals surface area contributed by atoms with E-state index in [1.165, 1.54) is 6.92 Å². The highest BCUT2D eigenvalue weighted by Gasteiger charge is 2.17. The van der Waals surface area contributed by atoms with Crippen molar-refractivity contribution in [2.75, 3.05) is 6.54 Å². The van der Waals surface area contributed by atoms with Gasteiger partial charge in [0.2, 0.25) is 5.91 Å². The Labute approximate surface area is 141 Å². The van der Waals surface area contributed by atoms with Crippen molar-refractivity contribution in [3.05, 3.63) is 46.8 Å². The van der Waals surface area contributed by atoms with Crippen LogP contribution in [-0.4, -0.2) is 34.3 Å². The fraction of sp³-hybridized carbons (Fsp3) is 0.389. The summed E-state index contributed by atoms with van der Waals surface area (Å²) < 4.78 is 7.04. The van der Waals surface area contributed by atoms with Gasteiger partial charge in [-0.15, -0.1) is 0 Å². The minimum absolute atomic E-state index is 0.159. The Kier molecular flexibility index (Phi) is 5.39. The van der Waals surface area contributed by atoms with E-state index < -0.39 is 12.1 Å². The fourth-order valence-electron chi connectivity index (χ4n) is 2.48. The van der Waals surface area contributed by atoms with Gasteiger partial charge in [-0.25, -0.2) is 9.48 Å². The lowest BCUT2D eigenvalue weighted by molar-refractivity contribution is -0.119. The van der Waals surface area contributed by atoms with Gasteiger partial charge in [0, 0.05) is 12.6 Å². The molecule has 24 heavy (non-hydrogen) atoms. The molecule has 1 aromatic carbocycles. The summed E-state index contributed by atoms with van der Waals surface area (Å²) in [5, 5.41) is 6.98. The zero-order valence-corrected chi connectivity index (χ0v) is 14.7. The van der Waals surface area contributed by atoms with Crippen LogP contribution in [0.1, 0.15) is 41.2 Å². The molecule has 0 radical (unpaired) electrons. The molecule has 0 bridgehead atoms. The first-order valence-electron chi connectivity index (χ1n) is 7.87. The molecule has 1 atom stereocenters. The summed E-state index contributed by atoms with van der Waals surface area (Å²) in [4.78, 5) is 23.1. The Balaban J connectivity index is 2.15. The molecular formula is C18H23N3O3. The summed E-state index contributed by atoms with van der Waals surface area (Å²) in [6, 6.07) is 7.81. The van der Waals surface area contributed by atoms with Crippen LogP contribution in [0, 0.1) is 20.8 Å². The Bertz CT molecular complexity index is 745. The molecule has 0 spiro atoms. The first-order valence-corrected chi connectivity index (χ1v) is 7.87. The number of esters is 1. The fourth-order valence-corrected chi connectivity index (χ4v) is 2.48. The molecular weight excluding hydrogens is 306 g/mol. The number of benzene rings is 1. The molecule has 1 N–H and O–H groups in total. The van der Waals surface area contributed by atoms with Gasteiger partial charge in [0.05, 0.1) is 12.2 Å². The van der Waals surface area contributed by atoms with Crippen LogP contribution >= 0.6 is 0 Å². The SMILES string of the molecule is CC(=O)NCC(C)OC(=O)c1cc(C)n(-c2cc(C)cc(C)c2)n1. The third-order valence-electron chi connectivity index (χ3n) is 3.49. The van der Waals surface area contributed by atoms with Gasteiger partial charge in [0.25, 0.3) is 0 Å². The van der Waals surface area contributed by atoms with E-state index >= 15 is 0 Å². The molecule has 1 amide bonds. The molecule has 0 aliphatic rings. The van der Waals surface area contributed by atoms with Gasteiger partial charge in [-0.2, -0.15) is 5.10 Å². The van der Waals surface area contributed by atoms with E-state index in [1.54, 1.807) is 17.7 Å². The van der Waals surface area contributed by atoms with Crippen molar-refractivity contribution >= 4 is 11.9 Å². The summed E-state index contributed by atoms with van der Waals surface area (Å²) in [6.45, 7) is 9.35. The predicted octanol–water partition coefficient (Wildman–Crippen LogP) is 2.48. The number of carbonyl (C=O) groups is 2. The summed E-state index contributed by atoms with van der Waals surface area (Å²) in [7, 11) is 0. The number of hydrogen-bond donors (Lipinski definition) is 1. The molecule has 0 saturated carbocycles. The van der Waals surface area contributed by atoms with E-state index in [4.69, 9.17) is 4.74 Å². The van der Waals surface area contributed by atoms with E-state index in [0.717, 1.165) is 22.5 Å². The number of amides is 1. The number of hydrogen-bond acceptors (Lipinski definition) is 4. The lowest BCUT2D eigenvalue weighted by Crippen LogP contribution is -2.31. The van der Waals surface area contributed by atoms with Crippen molar-refractivity contribution in [3.8, 4) is 5.69 Å². The molecule has 6 heteroatoms. The second kappa shape index (κ2) is 7.29. The van der Waals surface area contributed by atoms with E-state index in [-0.39, 0.29) is 18.1 Å². The number of ether oxygens (including phenoxy) is 1. The van der Waals surface area contributed by atoms with Crippen molar-refractivity contribution in [1.82, 2.24) is 15.1 Å². The maximum Gasteiger partial charge on any atom is 0.359 e. The van der Waals surface area contributed by atoms with Crippen molar-refractivity contribution in [2.24, 2.45) is 0 Å². The largest absolute Gasteiger partial charge is 0.456 e. The van der Waals surface area contributed by atoms with Crippen LogP contribution in [0.4, 0.5) is 0 Å². The molecule has 2 aromatic rings. The first kappa shape index (κ1) is 17.7. The van der Waals surface area contributed by atoms with Crippen molar-refractivity contribution in [1.29, 1.82) is 0 Å². The minimum atomic E-state index is -0.501. The molecule has 0 aliphatic carbocycles. The Hall–Kier alpha value is -2.63. The highest BCUT2D eigenvalue weighted by molar-refractivity contribution is 5.87. The summed E-state index contributed by atoms with van der Waals surface area (Å²) in [5.41, 5.74) is 4.28. The Morgan fingerprint density at radius 1 is 1.17 bits per heavy atom. The van der Waals surface area contributed by atoms with Gasteiger partial charge in [-0.05, 0) is 57.0 Å². The maximum atomic E-state index is 12.2. The molecule has 1 heterocycles. The molecule has 0 fully saturated rings. The molecule has 128 valence electrons. The van der Waals surface area contributed by atoms with Crippen LogP contribution in [-0.2, 0) is 9.53 Å². The van der Waals surface area contributed by atoms with Crippen LogP contribution in [0.2, 0.25) is 0 Å². The van der Waals surface area contributed by atoms with Crippen LogP contribution in [0.15, 0.2) is 24.3 Å². The smallest absolute Gasteiger partial charge is 0.359 e. The Morgan fingerprint density at radius 3 is 2.38 bits per heavy atom. The van der Waals surface area contributed by atoms with Crippen LogP contribution in [0.3, 0.4) is 0 Å². The summed E-state index contributed by atoms with van der Waals surface area (Å²) in [5.74, 6) is -0.660. The third-order valence-corrected chi connectivity index (χ3v) is 3.49. The molecule has 1 aromatic heterocycles. The van der Waals surface area contributed by atoms with Gasteiger partial charge in [0.1, 0.15) is 6.10 Å². The van der Waals surface area contributed by atoms with Gasteiger partial charge in [0.15, 0.2) is 5.69 Å². The maximum absolute atomic E-state index is 12.2. The predicted molar refractivity (Wildman–Crippen MR) is 91.3 cm³/mol. The average molecular weight is 329 g/mol. The average Bonchev–Trinajstić information content (AvgIpc) is 2.86. The third kappa shape index (κ3) is 4.44.